The molecular weight excluding hydrogens is 781 g/mol. The largest absolute Gasteiger partial charge is 0.462 e. The first-order valence-corrected chi connectivity index (χ1v) is 27.1. The van der Waals surface area contributed by atoms with Crippen molar-refractivity contribution in [3.63, 3.8) is 0 Å². The maximum absolute atomic E-state index is 12.8. The fourth-order valence-electron chi connectivity index (χ4n) is 7.64. The summed E-state index contributed by atoms with van der Waals surface area (Å²) in [5.74, 6) is -0.902. The van der Waals surface area contributed by atoms with E-state index in [4.69, 9.17) is 14.2 Å². The number of allylic oxidation sites excluding steroid dienone is 8. The van der Waals surface area contributed by atoms with Gasteiger partial charge in [0.1, 0.15) is 13.2 Å². The van der Waals surface area contributed by atoms with Crippen LogP contribution in [0.15, 0.2) is 48.6 Å². The zero-order chi connectivity index (χ0) is 45.8. The molecule has 0 fully saturated rings. The van der Waals surface area contributed by atoms with Crippen LogP contribution < -0.4 is 0 Å². The van der Waals surface area contributed by atoms with Crippen LogP contribution in [0.2, 0.25) is 0 Å². The van der Waals surface area contributed by atoms with Gasteiger partial charge in [0, 0.05) is 19.3 Å². The molecule has 1 atom stereocenters. The van der Waals surface area contributed by atoms with Crippen LogP contribution in [0.1, 0.15) is 278 Å². The van der Waals surface area contributed by atoms with Gasteiger partial charge in [-0.1, -0.05) is 204 Å². The van der Waals surface area contributed by atoms with E-state index >= 15 is 0 Å². The number of unbranched alkanes of at least 4 members (excludes halogenated alkanes) is 30. The smallest absolute Gasteiger partial charge is 0.306 e. The van der Waals surface area contributed by atoms with Crippen LogP contribution in [0.25, 0.3) is 0 Å². The van der Waals surface area contributed by atoms with Crippen LogP contribution in [0.5, 0.6) is 0 Å². The highest BCUT2D eigenvalue weighted by atomic mass is 16.6. The molecule has 0 aliphatic carbocycles. The molecule has 0 amide bonds. The molecule has 6 heteroatoms. The quantitative estimate of drug-likeness (QED) is 0.0262. The number of ether oxygens (including phenoxy) is 3. The third-order valence-electron chi connectivity index (χ3n) is 11.8. The Hall–Kier alpha value is -2.63. The van der Waals surface area contributed by atoms with E-state index in [9.17, 15) is 14.4 Å². The van der Waals surface area contributed by atoms with Gasteiger partial charge >= 0.3 is 17.9 Å². The van der Waals surface area contributed by atoms with Gasteiger partial charge in [0.2, 0.25) is 0 Å². The van der Waals surface area contributed by atoms with Crippen LogP contribution in [0.3, 0.4) is 0 Å². The minimum absolute atomic E-state index is 0.0828. The summed E-state index contributed by atoms with van der Waals surface area (Å²) in [6, 6.07) is 0. The lowest BCUT2D eigenvalue weighted by Gasteiger charge is -2.18. The van der Waals surface area contributed by atoms with Crippen molar-refractivity contribution in [3.05, 3.63) is 48.6 Å². The summed E-state index contributed by atoms with van der Waals surface area (Å²) < 4.78 is 16.8. The van der Waals surface area contributed by atoms with E-state index in [1.807, 2.05) is 0 Å². The first-order chi connectivity index (χ1) is 31.0. The summed E-state index contributed by atoms with van der Waals surface area (Å²) in [5.41, 5.74) is 0. The van der Waals surface area contributed by atoms with Gasteiger partial charge in [-0.05, 0) is 103 Å². The van der Waals surface area contributed by atoms with Crippen molar-refractivity contribution in [1.29, 1.82) is 0 Å². The number of esters is 3. The van der Waals surface area contributed by atoms with E-state index in [-0.39, 0.29) is 31.1 Å². The summed E-state index contributed by atoms with van der Waals surface area (Å²) in [4.78, 5) is 38.0. The van der Waals surface area contributed by atoms with Crippen molar-refractivity contribution in [2.24, 2.45) is 0 Å². The third kappa shape index (κ3) is 50.2. The predicted octanol–water partition coefficient (Wildman–Crippen LogP) is 17.9. The molecule has 0 aliphatic heterocycles. The van der Waals surface area contributed by atoms with Crippen LogP contribution in [0, 0.1) is 0 Å². The Morgan fingerprint density at radius 3 is 0.921 bits per heavy atom. The molecule has 0 heterocycles. The van der Waals surface area contributed by atoms with Crippen molar-refractivity contribution >= 4 is 17.9 Å². The monoisotopic (exact) mass is 883 g/mol. The molecule has 0 aromatic rings. The molecule has 0 saturated carbocycles. The van der Waals surface area contributed by atoms with E-state index in [0.717, 1.165) is 89.9 Å². The molecular formula is C57H102O6. The molecule has 0 aliphatic rings. The summed E-state index contributed by atoms with van der Waals surface area (Å²) >= 11 is 0. The van der Waals surface area contributed by atoms with Crippen molar-refractivity contribution in [1.82, 2.24) is 0 Å². The normalized spacial score (nSPS) is 12.4. The molecule has 0 N–H and O–H groups in total. The maximum Gasteiger partial charge on any atom is 0.306 e. The minimum atomic E-state index is -0.784. The molecule has 0 bridgehead atoms. The summed E-state index contributed by atoms with van der Waals surface area (Å²) in [6.45, 7) is 6.58. The topological polar surface area (TPSA) is 78.9 Å². The second-order valence-electron chi connectivity index (χ2n) is 18.1. The molecule has 1 unspecified atom stereocenters. The Balaban J connectivity index is 4.37. The maximum atomic E-state index is 12.8. The zero-order valence-corrected chi connectivity index (χ0v) is 41.8. The van der Waals surface area contributed by atoms with Crippen LogP contribution in [-0.2, 0) is 28.6 Å². The van der Waals surface area contributed by atoms with Crippen molar-refractivity contribution in [2.75, 3.05) is 13.2 Å². The average Bonchev–Trinajstić information content (AvgIpc) is 3.28. The molecule has 0 spiro atoms. The van der Waals surface area contributed by atoms with Gasteiger partial charge in [-0.3, -0.25) is 14.4 Å². The SMILES string of the molecule is CCCCC/C=C\C/C=C\CCCCCCCC(=O)OC(COC(=O)CCCCCCC/C=C\CCCCC)COC(=O)CCCCCCCCC/C=C\CCCCCCCCC. The van der Waals surface area contributed by atoms with Crippen LogP contribution in [0.4, 0.5) is 0 Å². The Bertz CT molecular complexity index is 1110. The second kappa shape index (κ2) is 52.0. The van der Waals surface area contributed by atoms with Crippen molar-refractivity contribution < 1.29 is 28.6 Å². The Morgan fingerprint density at radius 1 is 0.317 bits per heavy atom. The first-order valence-electron chi connectivity index (χ1n) is 27.1. The lowest BCUT2D eigenvalue weighted by atomic mass is 10.1. The lowest BCUT2D eigenvalue weighted by molar-refractivity contribution is -0.167. The second-order valence-corrected chi connectivity index (χ2v) is 18.1. The number of carbonyl (C=O) groups excluding carboxylic acids is 3. The first kappa shape index (κ1) is 60.4. The Morgan fingerprint density at radius 2 is 0.571 bits per heavy atom. The zero-order valence-electron chi connectivity index (χ0n) is 41.8. The van der Waals surface area contributed by atoms with E-state index in [0.29, 0.717) is 19.3 Å². The van der Waals surface area contributed by atoms with E-state index in [1.165, 1.54) is 148 Å². The Labute approximate surface area is 390 Å². The highest BCUT2D eigenvalue weighted by Gasteiger charge is 2.19. The fraction of sp³-hybridized carbons (Fsp3) is 0.807. The average molecular weight is 883 g/mol. The van der Waals surface area contributed by atoms with E-state index in [1.54, 1.807) is 0 Å². The number of hydrogen-bond acceptors (Lipinski definition) is 6. The van der Waals surface area contributed by atoms with Crippen LogP contribution >= 0.6 is 0 Å². The van der Waals surface area contributed by atoms with Crippen LogP contribution in [-0.4, -0.2) is 37.2 Å². The van der Waals surface area contributed by atoms with Crippen molar-refractivity contribution in [2.45, 2.75) is 284 Å². The molecule has 63 heavy (non-hydrogen) atoms. The molecule has 0 saturated heterocycles. The standard InChI is InChI=1S/C57H102O6/c1-4-7-10-13-16-19-22-25-27-28-29-31-32-35-38-41-44-47-50-56(59)62-53-54(52-61-55(58)49-46-43-40-37-34-24-21-18-15-12-9-6-3)63-57(60)51-48-45-42-39-36-33-30-26-23-20-17-14-11-8-5-2/h17-18,20-21,26-28,30,54H,4-16,19,22-25,29,31-53H2,1-3H3/b20-17-,21-18-,28-27-,30-26-. The number of rotatable bonds is 49. The lowest BCUT2D eigenvalue weighted by Crippen LogP contribution is -2.30. The molecule has 0 radical (unpaired) electrons. The minimum Gasteiger partial charge on any atom is -0.462 e. The number of carbonyl (C=O) groups is 3. The van der Waals surface area contributed by atoms with E-state index < -0.39 is 6.10 Å². The molecule has 0 aromatic heterocycles. The van der Waals surface area contributed by atoms with E-state index in [2.05, 4.69) is 69.4 Å². The van der Waals surface area contributed by atoms with Gasteiger partial charge in [0.25, 0.3) is 0 Å². The molecule has 0 aromatic carbocycles. The number of hydrogen-bond donors (Lipinski definition) is 0. The van der Waals surface area contributed by atoms with Gasteiger partial charge in [-0.25, -0.2) is 0 Å². The van der Waals surface area contributed by atoms with Gasteiger partial charge in [-0.2, -0.15) is 0 Å². The van der Waals surface area contributed by atoms with Gasteiger partial charge in [0.05, 0.1) is 0 Å². The summed E-state index contributed by atoms with van der Waals surface area (Å²) in [7, 11) is 0. The molecule has 6 nitrogen and oxygen atoms in total. The molecule has 0 rings (SSSR count). The van der Waals surface area contributed by atoms with Gasteiger partial charge in [0.15, 0.2) is 6.10 Å². The fourth-order valence-corrected chi connectivity index (χ4v) is 7.64. The third-order valence-corrected chi connectivity index (χ3v) is 11.8. The highest BCUT2D eigenvalue weighted by molar-refractivity contribution is 5.71. The van der Waals surface area contributed by atoms with Gasteiger partial charge < -0.3 is 14.2 Å². The van der Waals surface area contributed by atoms with Gasteiger partial charge in [-0.15, -0.1) is 0 Å². The highest BCUT2D eigenvalue weighted by Crippen LogP contribution is 2.15. The summed E-state index contributed by atoms with van der Waals surface area (Å²) in [5, 5.41) is 0. The predicted molar refractivity (Wildman–Crippen MR) is 270 cm³/mol. The van der Waals surface area contributed by atoms with Crippen molar-refractivity contribution in [3.8, 4) is 0 Å². The summed E-state index contributed by atoms with van der Waals surface area (Å²) in [6.07, 6.45) is 62.3. The molecule has 366 valence electrons. The Kier molecular flexibility index (Phi) is 49.8.